The molecule has 1 aliphatic carbocycles. The lowest BCUT2D eigenvalue weighted by Gasteiger charge is -2.03. The first-order chi connectivity index (χ1) is 9.34. The Morgan fingerprint density at radius 3 is 2.84 bits per heavy atom. The lowest BCUT2D eigenvalue weighted by atomic mass is 10.2. The number of fused-ring (bicyclic) bond motifs is 2. The average molecular weight is 268 g/mol. The SMILES string of the molecule is O=c1c2c(nc3scc(-c4ccccc4)n13)CCC2. The highest BCUT2D eigenvalue weighted by Gasteiger charge is 2.20. The summed E-state index contributed by atoms with van der Waals surface area (Å²) in [7, 11) is 0. The van der Waals surface area contributed by atoms with Crippen LogP contribution in [-0.4, -0.2) is 9.38 Å². The predicted octanol–water partition coefficient (Wildman–Crippen LogP) is 2.91. The monoisotopic (exact) mass is 268 g/mol. The van der Waals surface area contributed by atoms with Crippen LogP contribution in [0.2, 0.25) is 0 Å². The van der Waals surface area contributed by atoms with Crippen molar-refractivity contribution in [2.75, 3.05) is 0 Å². The van der Waals surface area contributed by atoms with Gasteiger partial charge in [0.15, 0.2) is 4.96 Å². The molecule has 1 aromatic carbocycles. The Morgan fingerprint density at radius 1 is 1.16 bits per heavy atom. The highest BCUT2D eigenvalue weighted by molar-refractivity contribution is 7.15. The third-order valence-electron chi connectivity index (χ3n) is 3.66. The molecule has 0 aliphatic heterocycles. The molecule has 0 unspecified atom stereocenters. The van der Waals surface area contributed by atoms with E-state index < -0.39 is 0 Å². The van der Waals surface area contributed by atoms with E-state index in [-0.39, 0.29) is 5.56 Å². The van der Waals surface area contributed by atoms with Gasteiger partial charge in [0.05, 0.1) is 11.4 Å². The molecule has 0 saturated carbocycles. The second-order valence-corrected chi connectivity index (χ2v) is 5.64. The molecule has 0 N–H and O–H groups in total. The fourth-order valence-corrected chi connectivity index (χ4v) is 3.64. The number of nitrogens with zero attached hydrogens (tertiary/aromatic N) is 2. The number of thiazole rings is 1. The first kappa shape index (κ1) is 10.9. The van der Waals surface area contributed by atoms with E-state index in [1.165, 1.54) is 0 Å². The molecule has 3 aromatic rings. The molecule has 94 valence electrons. The Kier molecular flexibility index (Phi) is 2.32. The van der Waals surface area contributed by atoms with Gasteiger partial charge >= 0.3 is 0 Å². The van der Waals surface area contributed by atoms with Gasteiger partial charge in [-0.05, 0) is 24.8 Å². The molecule has 0 fully saturated rings. The number of aryl methyl sites for hydroxylation is 1. The lowest BCUT2D eigenvalue weighted by Crippen LogP contribution is -2.19. The normalized spacial score (nSPS) is 13.9. The van der Waals surface area contributed by atoms with Crippen LogP contribution in [0, 0.1) is 0 Å². The van der Waals surface area contributed by atoms with E-state index in [1.807, 2.05) is 35.7 Å². The van der Waals surface area contributed by atoms with Gasteiger partial charge in [-0.15, -0.1) is 11.3 Å². The van der Waals surface area contributed by atoms with E-state index in [0.717, 1.165) is 46.7 Å². The fourth-order valence-electron chi connectivity index (χ4n) is 2.73. The van der Waals surface area contributed by atoms with Crippen LogP contribution in [0.3, 0.4) is 0 Å². The van der Waals surface area contributed by atoms with E-state index in [4.69, 9.17) is 0 Å². The summed E-state index contributed by atoms with van der Waals surface area (Å²) in [4.78, 5) is 18.1. The number of hydrogen-bond acceptors (Lipinski definition) is 3. The van der Waals surface area contributed by atoms with E-state index in [2.05, 4.69) is 4.98 Å². The third-order valence-corrected chi connectivity index (χ3v) is 4.48. The van der Waals surface area contributed by atoms with Gasteiger partial charge in [-0.2, -0.15) is 0 Å². The van der Waals surface area contributed by atoms with Gasteiger partial charge in [0.1, 0.15) is 0 Å². The van der Waals surface area contributed by atoms with Gasteiger partial charge in [-0.1, -0.05) is 30.3 Å². The van der Waals surface area contributed by atoms with E-state index in [0.29, 0.717) is 0 Å². The van der Waals surface area contributed by atoms with Crippen molar-refractivity contribution in [2.24, 2.45) is 0 Å². The van der Waals surface area contributed by atoms with Crippen molar-refractivity contribution in [3.63, 3.8) is 0 Å². The molecular formula is C15H12N2OS. The second kappa shape index (κ2) is 4.03. The zero-order valence-corrected chi connectivity index (χ0v) is 11.1. The minimum absolute atomic E-state index is 0.123. The molecule has 19 heavy (non-hydrogen) atoms. The molecule has 4 heteroatoms. The molecule has 2 heterocycles. The van der Waals surface area contributed by atoms with Crippen LogP contribution in [0.25, 0.3) is 16.2 Å². The van der Waals surface area contributed by atoms with Crippen LogP contribution in [0.15, 0.2) is 40.5 Å². The molecule has 0 atom stereocenters. The average Bonchev–Trinajstić information content (AvgIpc) is 3.06. The standard InChI is InChI=1S/C15H12N2OS/c18-14-11-7-4-8-12(11)16-15-17(14)13(9-19-15)10-5-2-1-3-6-10/h1-3,5-6,9H,4,7-8H2. The number of rotatable bonds is 1. The smallest absolute Gasteiger partial charge is 0.262 e. The summed E-state index contributed by atoms with van der Waals surface area (Å²) in [6.07, 6.45) is 2.86. The minimum atomic E-state index is 0.123. The lowest BCUT2D eigenvalue weighted by molar-refractivity contribution is 0.899. The van der Waals surface area contributed by atoms with E-state index >= 15 is 0 Å². The Morgan fingerprint density at radius 2 is 2.00 bits per heavy atom. The summed E-state index contributed by atoms with van der Waals surface area (Å²) in [5.41, 5.74) is 4.06. The molecule has 0 amide bonds. The summed E-state index contributed by atoms with van der Waals surface area (Å²) in [6.45, 7) is 0. The molecule has 0 radical (unpaired) electrons. The Bertz CT molecular complexity index is 817. The van der Waals surface area contributed by atoms with Crippen LogP contribution < -0.4 is 5.56 Å². The van der Waals surface area contributed by atoms with Crippen molar-refractivity contribution in [1.82, 2.24) is 9.38 Å². The minimum Gasteiger partial charge on any atom is -0.269 e. The van der Waals surface area contributed by atoms with Gasteiger partial charge in [-0.3, -0.25) is 9.20 Å². The van der Waals surface area contributed by atoms with Gasteiger partial charge < -0.3 is 0 Å². The van der Waals surface area contributed by atoms with Crippen molar-refractivity contribution >= 4 is 16.3 Å². The zero-order valence-electron chi connectivity index (χ0n) is 10.3. The van der Waals surface area contributed by atoms with Gasteiger partial charge in [0.25, 0.3) is 5.56 Å². The van der Waals surface area contributed by atoms with Crippen LogP contribution in [0.5, 0.6) is 0 Å². The topological polar surface area (TPSA) is 34.4 Å². The summed E-state index contributed by atoms with van der Waals surface area (Å²) < 4.78 is 1.77. The van der Waals surface area contributed by atoms with Crippen molar-refractivity contribution in [3.05, 3.63) is 57.3 Å². The number of hydrogen-bond donors (Lipinski definition) is 0. The molecule has 2 aromatic heterocycles. The first-order valence-electron chi connectivity index (χ1n) is 6.42. The van der Waals surface area contributed by atoms with Crippen LogP contribution >= 0.6 is 11.3 Å². The largest absolute Gasteiger partial charge is 0.269 e. The Balaban J connectivity index is 2.07. The van der Waals surface area contributed by atoms with Crippen molar-refractivity contribution < 1.29 is 0 Å². The van der Waals surface area contributed by atoms with E-state index in [1.54, 1.807) is 15.7 Å². The van der Waals surface area contributed by atoms with Crippen LogP contribution in [0.4, 0.5) is 0 Å². The maximum atomic E-state index is 12.6. The summed E-state index contributed by atoms with van der Waals surface area (Å²) in [5, 5.41) is 2.02. The van der Waals surface area contributed by atoms with Gasteiger partial charge in [-0.25, -0.2) is 4.98 Å². The van der Waals surface area contributed by atoms with Crippen molar-refractivity contribution in [2.45, 2.75) is 19.3 Å². The highest BCUT2D eigenvalue weighted by Crippen LogP contribution is 2.26. The number of benzene rings is 1. The van der Waals surface area contributed by atoms with E-state index in [9.17, 15) is 4.79 Å². The second-order valence-electron chi connectivity index (χ2n) is 4.80. The Hall–Kier alpha value is -1.94. The maximum Gasteiger partial charge on any atom is 0.262 e. The van der Waals surface area contributed by atoms with Crippen LogP contribution in [0.1, 0.15) is 17.7 Å². The highest BCUT2D eigenvalue weighted by atomic mass is 32.1. The molecular weight excluding hydrogens is 256 g/mol. The van der Waals surface area contributed by atoms with Crippen molar-refractivity contribution in [1.29, 1.82) is 0 Å². The molecule has 3 nitrogen and oxygen atoms in total. The Labute approximate surface area is 114 Å². The molecule has 0 spiro atoms. The summed E-state index contributed by atoms with van der Waals surface area (Å²) in [5.74, 6) is 0. The number of aromatic nitrogens is 2. The molecule has 4 rings (SSSR count). The fraction of sp³-hybridized carbons (Fsp3) is 0.200. The quantitative estimate of drug-likeness (QED) is 0.680. The maximum absolute atomic E-state index is 12.6. The predicted molar refractivity (Wildman–Crippen MR) is 76.8 cm³/mol. The molecule has 0 saturated heterocycles. The first-order valence-corrected chi connectivity index (χ1v) is 7.30. The summed E-state index contributed by atoms with van der Waals surface area (Å²) in [6, 6.07) is 10.0. The van der Waals surface area contributed by atoms with Gasteiger partial charge in [0.2, 0.25) is 0 Å². The van der Waals surface area contributed by atoms with Crippen LogP contribution in [-0.2, 0) is 12.8 Å². The summed E-state index contributed by atoms with van der Waals surface area (Å²) >= 11 is 1.54. The molecule has 0 bridgehead atoms. The van der Waals surface area contributed by atoms with Gasteiger partial charge in [0, 0.05) is 10.9 Å². The third kappa shape index (κ3) is 1.56. The zero-order chi connectivity index (χ0) is 12.8. The van der Waals surface area contributed by atoms with Crippen molar-refractivity contribution in [3.8, 4) is 11.3 Å². The molecule has 1 aliphatic rings.